The number of hydrogen-bond acceptors (Lipinski definition) is 3. The van der Waals surface area contributed by atoms with Crippen LogP contribution in [-0.4, -0.2) is 36.2 Å². The monoisotopic (exact) mass is 240 g/mol. The van der Waals surface area contributed by atoms with Crippen LogP contribution in [0.15, 0.2) is 0 Å². The van der Waals surface area contributed by atoms with Gasteiger partial charge in [-0.1, -0.05) is 26.2 Å². The molecule has 1 aliphatic carbocycles. The molecular formula is C13H24N2O2. The Balaban J connectivity index is 1.83. The van der Waals surface area contributed by atoms with Gasteiger partial charge in [-0.15, -0.1) is 0 Å². The molecule has 3 unspecified atom stereocenters. The molecule has 0 aromatic heterocycles. The standard InChI is InChI=1S/C13H24N2O2/c1-9(10-7-14-8-10)13(17)15-11-5-3-2-4-6-12(11)16/h9-12,14,16H,2-8H2,1H3,(H,15,17). The second kappa shape index (κ2) is 5.83. The van der Waals surface area contributed by atoms with Gasteiger partial charge in [0.15, 0.2) is 0 Å². The summed E-state index contributed by atoms with van der Waals surface area (Å²) >= 11 is 0. The second-order valence-corrected chi connectivity index (χ2v) is 5.53. The maximum Gasteiger partial charge on any atom is 0.223 e. The van der Waals surface area contributed by atoms with Crippen LogP contribution in [-0.2, 0) is 4.79 Å². The lowest BCUT2D eigenvalue weighted by Crippen LogP contribution is -2.52. The number of aliphatic hydroxyl groups excluding tert-OH is 1. The summed E-state index contributed by atoms with van der Waals surface area (Å²) in [6.45, 7) is 3.88. The first-order valence-electron chi connectivity index (χ1n) is 6.87. The van der Waals surface area contributed by atoms with Gasteiger partial charge in [0.2, 0.25) is 5.91 Å². The summed E-state index contributed by atoms with van der Waals surface area (Å²) in [5, 5.41) is 16.2. The van der Waals surface area contributed by atoms with Gasteiger partial charge in [0.25, 0.3) is 0 Å². The number of aliphatic hydroxyl groups is 1. The number of carbonyl (C=O) groups excluding carboxylic acids is 1. The lowest BCUT2D eigenvalue weighted by Gasteiger charge is -2.33. The molecule has 2 rings (SSSR count). The highest BCUT2D eigenvalue weighted by Crippen LogP contribution is 2.20. The number of rotatable bonds is 3. The molecule has 1 aliphatic heterocycles. The molecule has 1 saturated heterocycles. The van der Waals surface area contributed by atoms with Crippen molar-refractivity contribution in [1.82, 2.24) is 10.6 Å². The van der Waals surface area contributed by atoms with Crippen molar-refractivity contribution >= 4 is 5.91 Å². The summed E-state index contributed by atoms with van der Waals surface area (Å²) < 4.78 is 0. The van der Waals surface area contributed by atoms with E-state index in [1.165, 1.54) is 6.42 Å². The van der Waals surface area contributed by atoms with Gasteiger partial charge < -0.3 is 15.7 Å². The molecule has 2 aliphatic rings. The Morgan fingerprint density at radius 2 is 2.00 bits per heavy atom. The van der Waals surface area contributed by atoms with E-state index in [-0.39, 0.29) is 24.0 Å². The first-order chi connectivity index (χ1) is 8.18. The summed E-state index contributed by atoms with van der Waals surface area (Å²) in [5.74, 6) is 0.645. The van der Waals surface area contributed by atoms with E-state index < -0.39 is 0 Å². The summed E-state index contributed by atoms with van der Waals surface area (Å²) in [5.41, 5.74) is 0. The van der Waals surface area contributed by atoms with Crippen molar-refractivity contribution in [2.45, 2.75) is 51.2 Å². The minimum atomic E-state index is -0.354. The molecule has 0 aromatic carbocycles. The van der Waals surface area contributed by atoms with Crippen molar-refractivity contribution in [2.24, 2.45) is 11.8 Å². The highest BCUT2D eigenvalue weighted by Gasteiger charge is 2.31. The molecule has 2 fully saturated rings. The van der Waals surface area contributed by atoms with Crippen LogP contribution in [0.1, 0.15) is 39.0 Å². The second-order valence-electron chi connectivity index (χ2n) is 5.53. The molecule has 0 radical (unpaired) electrons. The Bertz CT molecular complexity index is 266. The van der Waals surface area contributed by atoms with Crippen LogP contribution in [0.4, 0.5) is 0 Å². The first-order valence-corrected chi connectivity index (χ1v) is 6.87. The molecule has 1 heterocycles. The SMILES string of the molecule is CC(C(=O)NC1CCCCCC1O)C1CNC1. The van der Waals surface area contributed by atoms with Gasteiger partial charge in [-0.05, 0) is 31.8 Å². The summed E-state index contributed by atoms with van der Waals surface area (Å²) in [7, 11) is 0. The number of hydrogen-bond donors (Lipinski definition) is 3. The van der Waals surface area contributed by atoms with E-state index in [1.54, 1.807) is 0 Å². The largest absolute Gasteiger partial charge is 0.391 e. The van der Waals surface area contributed by atoms with Crippen molar-refractivity contribution in [3.05, 3.63) is 0 Å². The van der Waals surface area contributed by atoms with Gasteiger partial charge in [0, 0.05) is 5.92 Å². The van der Waals surface area contributed by atoms with E-state index in [1.807, 2.05) is 6.92 Å². The summed E-state index contributed by atoms with van der Waals surface area (Å²) in [6, 6.07) is -0.0273. The zero-order chi connectivity index (χ0) is 12.3. The fourth-order valence-electron chi connectivity index (χ4n) is 2.65. The Hall–Kier alpha value is -0.610. The van der Waals surface area contributed by atoms with Gasteiger partial charge in [-0.2, -0.15) is 0 Å². The quantitative estimate of drug-likeness (QED) is 0.635. The molecular weight excluding hydrogens is 216 g/mol. The van der Waals surface area contributed by atoms with Gasteiger partial charge in [-0.25, -0.2) is 0 Å². The van der Waals surface area contributed by atoms with Crippen molar-refractivity contribution < 1.29 is 9.90 Å². The predicted molar refractivity (Wildman–Crippen MR) is 66.5 cm³/mol. The van der Waals surface area contributed by atoms with Gasteiger partial charge in [0.05, 0.1) is 12.1 Å². The number of carbonyl (C=O) groups is 1. The maximum atomic E-state index is 12.1. The molecule has 1 amide bonds. The zero-order valence-corrected chi connectivity index (χ0v) is 10.6. The van der Waals surface area contributed by atoms with Crippen LogP contribution in [0.5, 0.6) is 0 Å². The molecule has 17 heavy (non-hydrogen) atoms. The molecule has 0 bridgehead atoms. The minimum absolute atomic E-state index is 0.0273. The molecule has 98 valence electrons. The normalized spacial score (nSPS) is 32.4. The van der Waals surface area contributed by atoms with Gasteiger partial charge >= 0.3 is 0 Å². The van der Waals surface area contributed by atoms with E-state index in [2.05, 4.69) is 10.6 Å². The van der Waals surface area contributed by atoms with E-state index in [9.17, 15) is 9.90 Å². The Kier molecular flexibility index (Phi) is 4.40. The molecule has 3 atom stereocenters. The molecule has 4 heteroatoms. The smallest absolute Gasteiger partial charge is 0.223 e. The van der Waals surface area contributed by atoms with E-state index in [4.69, 9.17) is 0 Å². The number of amides is 1. The third-order valence-electron chi connectivity index (χ3n) is 4.24. The molecule has 1 saturated carbocycles. The fraction of sp³-hybridized carbons (Fsp3) is 0.923. The predicted octanol–water partition coefficient (Wildman–Crippen LogP) is 0.652. The van der Waals surface area contributed by atoms with E-state index in [0.29, 0.717) is 5.92 Å². The van der Waals surface area contributed by atoms with Crippen LogP contribution in [0.3, 0.4) is 0 Å². The topological polar surface area (TPSA) is 61.4 Å². The van der Waals surface area contributed by atoms with Crippen LogP contribution in [0.25, 0.3) is 0 Å². The Morgan fingerprint density at radius 1 is 1.29 bits per heavy atom. The highest BCUT2D eigenvalue weighted by molar-refractivity contribution is 5.79. The lowest BCUT2D eigenvalue weighted by molar-refractivity contribution is -0.128. The maximum absolute atomic E-state index is 12.1. The van der Waals surface area contributed by atoms with Crippen LogP contribution in [0.2, 0.25) is 0 Å². The Morgan fingerprint density at radius 3 is 2.65 bits per heavy atom. The van der Waals surface area contributed by atoms with Crippen LogP contribution in [0, 0.1) is 11.8 Å². The summed E-state index contributed by atoms with van der Waals surface area (Å²) in [4.78, 5) is 12.1. The van der Waals surface area contributed by atoms with Crippen molar-refractivity contribution in [3.63, 3.8) is 0 Å². The van der Waals surface area contributed by atoms with E-state index in [0.717, 1.165) is 38.8 Å². The lowest BCUT2D eigenvalue weighted by atomic mass is 9.88. The fourth-order valence-corrected chi connectivity index (χ4v) is 2.65. The molecule has 3 N–H and O–H groups in total. The average Bonchev–Trinajstić information content (AvgIpc) is 2.42. The van der Waals surface area contributed by atoms with Crippen molar-refractivity contribution in [1.29, 1.82) is 0 Å². The molecule has 0 spiro atoms. The molecule has 4 nitrogen and oxygen atoms in total. The highest BCUT2D eigenvalue weighted by atomic mass is 16.3. The first kappa shape index (κ1) is 12.8. The molecule has 0 aromatic rings. The third-order valence-corrected chi connectivity index (χ3v) is 4.24. The average molecular weight is 240 g/mol. The minimum Gasteiger partial charge on any atom is -0.391 e. The van der Waals surface area contributed by atoms with Crippen molar-refractivity contribution in [2.75, 3.05) is 13.1 Å². The van der Waals surface area contributed by atoms with Crippen LogP contribution < -0.4 is 10.6 Å². The van der Waals surface area contributed by atoms with Crippen molar-refractivity contribution in [3.8, 4) is 0 Å². The van der Waals surface area contributed by atoms with E-state index >= 15 is 0 Å². The van der Waals surface area contributed by atoms with Crippen LogP contribution >= 0.6 is 0 Å². The third kappa shape index (κ3) is 3.19. The van der Waals surface area contributed by atoms with Gasteiger partial charge in [0.1, 0.15) is 0 Å². The Labute approximate surface area is 103 Å². The van der Waals surface area contributed by atoms with Gasteiger partial charge in [-0.3, -0.25) is 4.79 Å². The zero-order valence-electron chi connectivity index (χ0n) is 10.6. The number of nitrogens with one attached hydrogen (secondary N) is 2. The summed E-state index contributed by atoms with van der Waals surface area (Å²) in [6.07, 6.45) is 4.75.